The van der Waals surface area contributed by atoms with Gasteiger partial charge in [-0.2, -0.15) is 4.99 Å². The van der Waals surface area contributed by atoms with Crippen molar-refractivity contribution in [3.63, 3.8) is 0 Å². The fraction of sp³-hybridized carbons (Fsp3) is 0.150. The Bertz CT molecular complexity index is 1090. The van der Waals surface area contributed by atoms with E-state index in [1.165, 1.54) is 11.8 Å². The van der Waals surface area contributed by atoms with Gasteiger partial charge in [-0.05, 0) is 56.0 Å². The molecule has 1 aromatic carbocycles. The number of carbonyl (C=O) groups is 1. The maximum Gasteiger partial charge on any atom is 0.283 e. The van der Waals surface area contributed by atoms with E-state index in [0.29, 0.717) is 10.2 Å². The van der Waals surface area contributed by atoms with Crippen LogP contribution >= 0.6 is 23.4 Å². The zero-order valence-corrected chi connectivity index (χ0v) is 16.6. The van der Waals surface area contributed by atoms with Gasteiger partial charge < -0.3 is 4.57 Å². The molecule has 1 N–H and O–H groups in total. The van der Waals surface area contributed by atoms with Crippen molar-refractivity contribution in [3.05, 3.63) is 69.0 Å². The van der Waals surface area contributed by atoms with Crippen LogP contribution in [0.2, 0.25) is 5.02 Å². The third-order valence-corrected chi connectivity index (χ3v) is 5.91. The number of carbonyl (C=O) groups excluding carboxylic acids is 1. The van der Waals surface area contributed by atoms with Crippen molar-refractivity contribution < 1.29 is 4.79 Å². The highest BCUT2D eigenvalue weighted by Crippen LogP contribution is 2.33. The molecule has 4 rings (SSSR count). The quantitative estimate of drug-likeness (QED) is 0.733. The van der Waals surface area contributed by atoms with Gasteiger partial charge in [-0.3, -0.25) is 15.1 Å². The first-order chi connectivity index (χ1) is 12.9. The average Bonchev–Trinajstić information content (AvgIpc) is 3.12. The topological polar surface area (TPSA) is 61.5 Å². The molecule has 0 bridgehead atoms. The van der Waals surface area contributed by atoms with Gasteiger partial charge in [0.1, 0.15) is 5.84 Å². The molecule has 2 aliphatic heterocycles. The van der Waals surface area contributed by atoms with Crippen LogP contribution in [0, 0.1) is 19.3 Å². The number of rotatable bonds is 2. The summed E-state index contributed by atoms with van der Waals surface area (Å²) < 4.78 is 2.05. The van der Waals surface area contributed by atoms with Crippen LogP contribution in [0.5, 0.6) is 0 Å². The third-order valence-electron chi connectivity index (χ3n) is 4.65. The zero-order chi connectivity index (χ0) is 19.3. The maximum atomic E-state index is 12.5. The van der Waals surface area contributed by atoms with E-state index in [9.17, 15) is 4.79 Å². The second-order valence-electron chi connectivity index (χ2n) is 6.43. The highest BCUT2D eigenvalue weighted by Gasteiger charge is 2.34. The number of fused-ring (bicyclic) bond motifs is 1. The normalized spacial score (nSPS) is 18.1. The summed E-state index contributed by atoms with van der Waals surface area (Å²) in [7, 11) is 0. The van der Waals surface area contributed by atoms with Crippen LogP contribution in [0.4, 0.5) is 0 Å². The van der Waals surface area contributed by atoms with E-state index in [2.05, 4.69) is 9.56 Å². The van der Waals surface area contributed by atoms with Crippen LogP contribution in [0.1, 0.15) is 23.9 Å². The molecule has 0 aliphatic carbocycles. The van der Waals surface area contributed by atoms with Crippen LogP contribution in [-0.2, 0) is 4.79 Å². The van der Waals surface area contributed by atoms with Gasteiger partial charge in [-0.25, -0.2) is 0 Å². The van der Waals surface area contributed by atoms with Crippen LogP contribution in [0.25, 0.3) is 11.8 Å². The van der Waals surface area contributed by atoms with E-state index in [0.717, 1.165) is 28.3 Å². The molecular formula is C20H17ClN4OS. The van der Waals surface area contributed by atoms with Gasteiger partial charge in [0.2, 0.25) is 0 Å². The first kappa shape index (κ1) is 17.8. The predicted octanol–water partition coefficient (Wildman–Crippen LogP) is 4.91. The van der Waals surface area contributed by atoms with Gasteiger partial charge in [0.25, 0.3) is 5.91 Å². The summed E-state index contributed by atoms with van der Waals surface area (Å²) in [5, 5.41) is 11.6. The number of aliphatic imine (C=N–C) groups is 1. The molecule has 0 atom stereocenters. The number of aromatic nitrogens is 1. The Morgan fingerprint density at radius 1 is 1.22 bits per heavy atom. The monoisotopic (exact) mass is 396 g/mol. The number of amidine groups is 2. The molecular weight excluding hydrogens is 380 g/mol. The number of allylic oxidation sites excluding steroid dienone is 1. The average molecular weight is 397 g/mol. The maximum absolute atomic E-state index is 12.5. The first-order valence-electron chi connectivity index (χ1n) is 8.39. The van der Waals surface area contributed by atoms with Crippen molar-refractivity contribution in [2.45, 2.75) is 20.8 Å². The van der Waals surface area contributed by atoms with Crippen LogP contribution < -0.4 is 0 Å². The Hall–Kier alpha value is -2.57. The third kappa shape index (κ3) is 2.85. The first-order valence-corrected chi connectivity index (χ1v) is 9.65. The summed E-state index contributed by atoms with van der Waals surface area (Å²) >= 11 is 7.73. The molecule has 5 nitrogen and oxygen atoms in total. The van der Waals surface area contributed by atoms with E-state index < -0.39 is 0 Å². The van der Waals surface area contributed by atoms with Crippen molar-refractivity contribution in [3.8, 4) is 5.69 Å². The largest absolute Gasteiger partial charge is 0.316 e. The van der Waals surface area contributed by atoms with Gasteiger partial charge in [0.05, 0.1) is 16.3 Å². The Labute approximate surface area is 166 Å². The number of nitrogens with one attached hydrogen (secondary N) is 1. The highest BCUT2D eigenvalue weighted by atomic mass is 35.5. The summed E-state index contributed by atoms with van der Waals surface area (Å²) in [5.74, 6) is -0.226. The molecule has 0 saturated carbocycles. The summed E-state index contributed by atoms with van der Waals surface area (Å²) in [4.78, 5) is 18.3. The van der Waals surface area contributed by atoms with Crippen LogP contribution in [0.15, 0.2) is 52.0 Å². The predicted molar refractivity (Wildman–Crippen MR) is 112 cm³/mol. The minimum Gasteiger partial charge on any atom is -0.316 e. The van der Waals surface area contributed by atoms with Crippen molar-refractivity contribution in [1.82, 2.24) is 9.47 Å². The molecule has 0 saturated heterocycles. The lowest BCUT2D eigenvalue weighted by atomic mass is 10.1. The Morgan fingerprint density at radius 2 is 1.96 bits per heavy atom. The lowest BCUT2D eigenvalue weighted by molar-refractivity contribution is -0.114. The smallest absolute Gasteiger partial charge is 0.283 e. The Morgan fingerprint density at radius 3 is 2.70 bits per heavy atom. The van der Waals surface area contributed by atoms with Gasteiger partial charge in [-0.1, -0.05) is 35.5 Å². The van der Waals surface area contributed by atoms with E-state index in [-0.39, 0.29) is 17.3 Å². The minimum atomic E-state index is -0.385. The number of para-hydroxylation sites is 1. The second kappa shape index (κ2) is 6.55. The number of nitrogens with zero attached hydrogens (tertiary/aromatic N) is 3. The van der Waals surface area contributed by atoms with Gasteiger partial charge >= 0.3 is 0 Å². The molecule has 2 aliphatic rings. The number of amides is 1. The fourth-order valence-electron chi connectivity index (χ4n) is 3.33. The lowest BCUT2D eigenvalue weighted by Gasteiger charge is -2.25. The number of hydrogen-bond donors (Lipinski definition) is 1. The summed E-state index contributed by atoms with van der Waals surface area (Å²) in [5.41, 5.74) is 4.88. The summed E-state index contributed by atoms with van der Waals surface area (Å²) in [6.07, 6.45) is 1.75. The van der Waals surface area contributed by atoms with E-state index in [1.807, 2.05) is 56.5 Å². The minimum absolute atomic E-state index is 0.159. The second-order valence-corrected chi connectivity index (χ2v) is 7.68. The number of benzene rings is 1. The van der Waals surface area contributed by atoms with Crippen molar-refractivity contribution in [1.29, 1.82) is 5.41 Å². The molecule has 27 heavy (non-hydrogen) atoms. The number of aryl methyl sites for hydroxylation is 1. The number of halogens is 1. The fourth-order valence-corrected chi connectivity index (χ4v) is 4.41. The standard InChI is InChI=1S/C20H17ClN4OS/c1-11-8-14(13(3)24(11)17-7-5-4-6-16(17)21)9-15-18(22)25-12(2)10-27-20(25)23-19(15)26/h4-10,22H,1-3H3. The molecule has 136 valence electrons. The Kier molecular flexibility index (Phi) is 4.32. The lowest BCUT2D eigenvalue weighted by Crippen LogP contribution is -2.37. The molecule has 0 unspecified atom stereocenters. The molecule has 7 heteroatoms. The molecule has 1 aromatic heterocycles. The van der Waals surface area contributed by atoms with Gasteiger partial charge in [-0.15, -0.1) is 0 Å². The molecule has 2 aromatic rings. The van der Waals surface area contributed by atoms with Crippen LogP contribution in [-0.4, -0.2) is 26.4 Å². The van der Waals surface area contributed by atoms with E-state index in [4.69, 9.17) is 17.0 Å². The van der Waals surface area contributed by atoms with Crippen molar-refractivity contribution in [2.75, 3.05) is 0 Å². The summed E-state index contributed by atoms with van der Waals surface area (Å²) in [6, 6.07) is 9.64. The number of hydrogen-bond acceptors (Lipinski definition) is 3. The van der Waals surface area contributed by atoms with Gasteiger partial charge in [0.15, 0.2) is 5.17 Å². The molecule has 0 spiro atoms. The zero-order valence-electron chi connectivity index (χ0n) is 15.1. The number of thioether (sulfide) groups is 1. The van der Waals surface area contributed by atoms with Crippen LogP contribution in [0.3, 0.4) is 0 Å². The SMILES string of the molecule is CC1=CSC2=NC(=O)C(=Cc3cc(C)n(-c4ccccc4Cl)c3C)C(=N)N12. The highest BCUT2D eigenvalue weighted by molar-refractivity contribution is 8.16. The van der Waals surface area contributed by atoms with E-state index >= 15 is 0 Å². The van der Waals surface area contributed by atoms with Crippen molar-refractivity contribution >= 4 is 46.3 Å². The summed E-state index contributed by atoms with van der Waals surface area (Å²) in [6.45, 7) is 5.87. The molecule has 3 heterocycles. The van der Waals surface area contributed by atoms with E-state index in [1.54, 1.807) is 11.0 Å². The molecule has 0 fully saturated rings. The Balaban J connectivity index is 1.81. The molecule has 1 amide bonds. The van der Waals surface area contributed by atoms with Crippen molar-refractivity contribution in [2.24, 2.45) is 4.99 Å². The van der Waals surface area contributed by atoms with Gasteiger partial charge in [0, 0.05) is 17.1 Å². The molecule has 0 radical (unpaired) electrons.